The van der Waals surface area contributed by atoms with Crippen LogP contribution in [-0.4, -0.2) is 47.2 Å². The lowest BCUT2D eigenvalue weighted by atomic mass is 10.1. The van der Waals surface area contributed by atoms with Crippen molar-refractivity contribution in [3.05, 3.63) is 90.0 Å². The van der Waals surface area contributed by atoms with Crippen LogP contribution in [0.2, 0.25) is 0 Å². The number of likely N-dealkylation sites (tertiary alicyclic amines) is 1. The van der Waals surface area contributed by atoms with Crippen LogP contribution < -0.4 is 5.32 Å². The number of aliphatic imine (C=N–C) groups is 1. The maximum atomic E-state index is 5.96. The molecular formula is C25H32IN5O. The highest BCUT2D eigenvalue weighted by molar-refractivity contribution is 14.0. The van der Waals surface area contributed by atoms with E-state index in [-0.39, 0.29) is 24.0 Å². The molecule has 1 aliphatic rings. The third kappa shape index (κ3) is 6.80. The normalized spacial score (nSPS) is 16.1. The SMILES string of the molecule is CN=C(NCc1nccn1Cc1ccccc1)N1CCC(COCc2ccccc2)C1.I. The second-order valence-electron chi connectivity index (χ2n) is 7.96. The Balaban J connectivity index is 0.00000289. The molecule has 3 aromatic rings. The molecule has 0 aliphatic carbocycles. The summed E-state index contributed by atoms with van der Waals surface area (Å²) in [5, 5.41) is 3.49. The van der Waals surface area contributed by atoms with E-state index >= 15 is 0 Å². The molecule has 0 radical (unpaired) electrons. The van der Waals surface area contributed by atoms with E-state index in [1.165, 1.54) is 11.1 Å². The molecule has 1 atom stereocenters. The van der Waals surface area contributed by atoms with E-state index < -0.39 is 0 Å². The monoisotopic (exact) mass is 545 g/mol. The molecule has 6 nitrogen and oxygen atoms in total. The minimum atomic E-state index is 0. The van der Waals surface area contributed by atoms with Gasteiger partial charge in [0.25, 0.3) is 0 Å². The number of rotatable bonds is 8. The van der Waals surface area contributed by atoms with Crippen LogP contribution in [0.1, 0.15) is 23.4 Å². The van der Waals surface area contributed by atoms with Gasteiger partial charge in [-0.05, 0) is 17.5 Å². The fraction of sp³-hybridized carbons (Fsp3) is 0.360. The first kappa shape index (κ1) is 24.3. The fourth-order valence-electron chi connectivity index (χ4n) is 4.00. The van der Waals surface area contributed by atoms with Crippen LogP contribution in [-0.2, 0) is 24.4 Å². The quantitative estimate of drug-likeness (QED) is 0.263. The minimum Gasteiger partial charge on any atom is -0.376 e. The second kappa shape index (κ2) is 12.6. The van der Waals surface area contributed by atoms with Crippen LogP contribution in [0.3, 0.4) is 0 Å². The highest BCUT2D eigenvalue weighted by Gasteiger charge is 2.25. The van der Waals surface area contributed by atoms with E-state index in [4.69, 9.17) is 4.74 Å². The van der Waals surface area contributed by atoms with E-state index in [1.54, 1.807) is 0 Å². The first-order valence-corrected chi connectivity index (χ1v) is 10.9. The molecule has 2 aromatic carbocycles. The van der Waals surface area contributed by atoms with Crippen molar-refractivity contribution >= 4 is 29.9 Å². The first-order valence-electron chi connectivity index (χ1n) is 10.9. The fourth-order valence-corrected chi connectivity index (χ4v) is 4.00. The Morgan fingerprint density at radius 2 is 1.81 bits per heavy atom. The van der Waals surface area contributed by atoms with Gasteiger partial charge in [-0.3, -0.25) is 4.99 Å². The zero-order valence-corrected chi connectivity index (χ0v) is 20.9. The van der Waals surface area contributed by atoms with Gasteiger partial charge in [0, 0.05) is 45.0 Å². The predicted octanol–water partition coefficient (Wildman–Crippen LogP) is 4.16. The van der Waals surface area contributed by atoms with Crippen LogP contribution in [0.15, 0.2) is 78.0 Å². The number of aromatic nitrogens is 2. The summed E-state index contributed by atoms with van der Waals surface area (Å²) in [6.07, 6.45) is 5.01. The predicted molar refractivity (Wildman–Crippen MR) is 139 cm³/mol. The summed E-state index contributed by atoms with van der Waals surface area (Å²) in [4.78, 5) is 11.4. The Bertz CT molecular complexity index is 961. The van der Waals surface area contributed by atoms with Crippen LogP contribution in [0.5, 0.6) is 0 Å². The van der Waals surface area contributed by atoms with Crippen LogP contribution in [0, 0.1) is 5.92 Å². The number of imidazole rings is 1. The third-order valence-corrected chi connectivity index (χ3v) is 5.66. The van der Waals surface area contributed by atoms with E-state index in [2.05, 4.69) is 73.3 Å². The largest absolute Gasteiger partial charge is 0.376 e. The van der Waals surface area contributed by atoms with Gasteiger partial charge < -0.3 is 19.5 Å². The third-order valence-electron chi connectivity index (χ3n) is 5.66. The highest BCUT2D eigenvalue weighted by Crippen LogP contribution is 2.17. The lowest BCUT2D eigenvalue weighted by molar-refractivity contribution is 0.0906. The molecule has 0 bridgehead atoms. The van der Waals surface area contributed by atoms with Crippen molar-refractivity contribution in [3.8, 4) is 0 Å². The molecule has 1 saturated heterocycles. The molecular weight excluding hydrogens is 513 g/mol. The topological polar surface area (TPSA) is 54.7 Å². The Hall–Kier alpha value is -2.39. The maximum Gasteiger partial charge on any atom is 0.194 e. The van der Waals surface area contributed by atoms with Crippen molar-refractivity contribution in [3.63, 3.8) is 0 Å². The van der Waals surface area contributed by atoms with Crippen LogP contribution in [0.4, 0.5) is 0 Å². The zero-order chi connectivity index (χ0) is 21.3. The van der Waals surface area contributed by atoms with E-state index in [0.29, 0.717) is 19.1 Å². The van der Waals surface area contributed by atoms with Gasteiger partial charge in [-0.2, -0.15) is 0 Å². The average molecular weight is 545 g/mol. The lowest BCUT2D eigenvalue weighted by Gasteiger charge is -2.22. The van der Waals surface area contributed by atoms with Gasteiger partial charge in [-0.15, -0.1) is 24.0 Å². The molecule has 0 amide bonds. The number of hydrogen-bond donors (Lipinski definition) is 1. The molecule has 1 N–H and O–H groups in total. The molecule has 0 spiro atoms. The summed E-state index contributed by atoms with van der Waals surface area (Å²) in [5.74, 6) is 2.47. The Morgan fingerprint density at radius 1 is 1.09 bits per heavy atom. The Morgan fingerprint density at radius 3 is 2.53 bits per heavy atom. The van der Waals surface area contributed by atoms with E-state index in [0.717, 1.165) is 44.4 Å². The number of benzene rings is 2. The summed E-state index contributed by atoms with van der Waals surface area (Å²) in [7, 11) is 1.85. The van der Waals surface area contributed by atoms with Crippen molar-refractivity contribution in [1.82, 2.24) is 19.8 Å². The molecule has 32 heavy (non-hydrogen) atoms. The molecule has 0 saturated carbocycles. The standard InChI is InChI=1S/C25H31N5O.HI/c1-26-25(28-16-24-27-13-15-29(24)17-21-8-4-2-5-9-21)30-14-12-23(18-30)20-31-19-22-10-6-3-7-11-22;/h2-11,13,15,23H,12,14,16-20H2,1H3,(H,26,28);1H. The summed E-state index contributed by atoms with van der Waals surface area (Å²) in [6, 6.07) is 20.8. The first-order chi connectivity index (χ1) is 15.3. The molecule has 1 unspecified atom stereocenters. The van der Waals surface area contributed by atoms with Gasteiger partial charge in [0.1, 0.15) is 5.82 Å². The number of halogens is 1. The van der Waals surface area contributed by atoms with Crippen molar-refractivity contribution < 1.29 is 4.74 Å². The number of nitrogens with one attached hydrogen (secondary N) is 1. The summed E-state index contributed by atoms with van der Waals surface area (Å²) in [6.45, 7) is 4.89. The molecule has 2 heterocycles. The van der Waals surface area contributed by atoms with Crippen molar-refractivity contribution in [2.45, 2.75) is 26.1 Å². The van der Waals surface area contributed by atoms with Crippen molar-refractivity contribution in [2.24, 2.45) is 10.9 Å². The average Bonchev–Trinajstić information content (AvgIpc) is 3.46. The maximum absolute atomic E-state index is 5.96. The van der Waals surface area contributed by atoms with Crippen LogP contribution in [0.25, 0.3) is 0 Å². The van der Waals surface area contributed by atoms with Gasteiger partial charge in [0.2, 0.25) is 0 Å². The Kier molecular flexibility index (Phi) is 9.55. The summed E-state index contributed by atoms with van der Waals surface area (Å²) >= 11 is 0. The second-order valence-corrected chi connectivity index (χ2v) is 7.96. The molecule has 170 valence electrons. The van der Waals surface area contributed by atoms with Gasteiger partial charge in [0.05, 0.1) is 19.8 Å². The lowest BCUT2D eigenvalue weighted by Crippen LogP contribution is -2.40. The van der Waals surface area contributed by atoms with Crippen molar-refractivity contribution in [1.29, 1.82) is 0 Å². The van der Waals surface area contributed by atoms with E-state index in [9.17, 15) is 0 Å². The Labute approximate surface area is 207 Å². The van der Waals surface area contributed by atoms with Crippen molar-refractivity contribution in [2.75, 3.05) is 26.7 Å². The number of hydrogen-bond acceptors (Lipinski definition) is 3. The van der Waals surface area contributed by atoms with Gasteiger partial charge in [-0.25, -0.2) is 4.98 Å². The number of ether oxygens (including phenoxy) is 1. The smallest absolute Gasteiger partial charge is 0.194 e. The molecule has 4 rings (SSSR count). The van der Waals surface area contributed by atoms with E-state index in [1.807, 2.05) is 31.6 Å². The summed E-state index contributed by atoms with van der Waals surface area (Å²) in [5.41, 5.74) is 2.49. The molecule has 1 aliphatic heterocycles. The van der Waals surface area contributed by atoms with Gasteiger partial charge in [0.15, 0.2) is 5.96 Å². The zero-order valence-electron chi connectivity index (χ0n) is 18.6. The molecule has 1 aromatic heterocycles. The minimum absolute atomic E-state index is 0. The number of nitrogens with zero attached hydrogens (tertiary/aromatic N) is 4. The highest BCUT2D eigenvalue weighted by atomic mass is 127. The van der Waals surface area contributed by atoms with Gasteiger partial charge in [-0.1, -0.05) is 60.7 Å². The number of guanidine groups is 1. The summed E-state index contributed by atoms with van der Waals surface area (Å²) < 4.78 is 8.14. The molecule has 7 heteroatoms. The van der Waals surface area contributed by atoms with Gasteiger partial charge >= 0.3 is 0 Å². The van der Waals surface area contributed by atoms with Crippen LogP contribution >= 0.6 is 24.0 Å². The molecule has 1 fully saturated rings.